The first-order valence-corrected chi connectivity index (χ1v) is 8.97. The van der Waals surface area contributed by atoms with Gasteiger partial charge in [0.25, 0.3) is 10.0 Å². The predicted molar refractivity (Wildman–Crippen MR) is 90.4 cm³/mol. The quantitative estimate of drug-likeness (QED) is 0.748. The molecule has 1 aromatic heterocycles. The van der Waals surface area contributed by atoms with Crippen molar-refractivity contribution in [1.82, 2.24) is 9.89 Å². The molecular weight excluding hydrogens is 367 g/mol. The normalized spacial score (nSPS) is 12.2. The number of rotatable bonds is 4. The van der Waals surface area contributed by atoms with Crippen LogP contribution in [0, 0.1) is 6.92 Å². The lowest BCUT2D eigenvalue weighted by atomic mass is 10.1. The van der Waals surface area contributed by atoms with Crippen LogP contribution in [0.25, 0.3) is 11.3 Å². The summed E-state index contributed by atoms with van der Waals surface area (Å²) in [5.41, 5.74) is 0.107. The standard InChI is InChI=1S/C17H14F3N3O2S/c1-12-7-9-13(10-8-12)15-11-16(17(18,19)20)21-23(15)22-26(24,25)14-5-3-2-4-6-14/h2-11,22H,1H3. The number of halogens is 3. The molecule has 0 radical (unpaired) electrons. The zero-order valence-corrected chi connectivity index (χ0v) is 14.3. The molecule has 0 aliphatic heterocycles. The van der Waals surface area contributed by atoms with Gasteiger partial charge in [0.2, 0.25) is 0 Å². The fraction of sp³-hybridized carbons (Fsp3) is 0.118. The summed E-state index contributed by atoms with van der Waals surface area (Å²) >= 11 is 0. The molecule has 26 heavy (non-hydrogen) atoms. The molecule has 0 saturated heterocycles. The molecule has 2 aromatic carbocycles. The number of aromatic nitrogens is 2. The minimum Gasteiger partial charge on any atom is -0.200 e. The Morgan fingerprint density at radius 2 is 1.62 bits per heavy atom. The van der Waals surface area contributed by atoms with Gasteiger partial charge < -0.3 is 0 Å². The second-order valence-electron chi connectivity index (χ2n) is 5.60. The average molecular weight is 381 g/mol. The van der Waals surface area contributed by atoms with Crippen molar-refractivity contribution in [1.29, 1.82) is 0 Å². The van der Waals surface area contributed by atoms with E-state index < -0.39 is 21.9 Å². The molecule has 0 bridgehead atoms. The fourth-order valence-electron chi connectivity index (χ4n) is 2.29. The highest BCUT2D eigenvalue weighted by Crippen LogP contribution is 2.31. The summed E-state index contributed by atoms with van der Waals surface area (Å²) in [6, 6.07) is 14.8. The van der Waals surface area contributed by atoms with E-state index in [1.807, 2.05) is 6.92 Å². The van der Waals surface area contributed by atoms with Gasteiger partial charge in [-0.2, -0.15) is 31.2 Å². The molecule has 3 aromatic rings. The van der Waals surface area contributed by atoms with Crippen LogP contribution in [0.3, 0.4) is 0 Å². The van der Waals surface area contributed by atoms with Crippen LogP contribution >= 0.6 is 0 Å². The van der Waals surface area contributed by atoms with Crippen LogP contribution in [-0.2, 0) is 16.2 Å². The van der Waals surface area contributed by atoms with Gasteiger partial charge in [-0.25, -0.2) is 0 Å². The first-order valence-electron chi connectivity index (χ1n) is 7.49. The molecule has 136 valence electrons. The smallest absolute Gasteiger partial charge is 0.200 e. The number of hydrogen-bond donors (Lipinski definition) is 1. The molecule has 0 amide bonds. The molecule has 1 heterocycles. The monoisotopic (exact) mass is 381 g/mol. The van der Waals surface area contributed by atoms with Crippen molar-refractivity contribution in [2.75, 3.05) is 4.83 Å². The molecule has 9 heteroatoms. The van der Waals surface area contributed by atoms with Gasteiger partial charge in [-0.05, 0) is 25.1 Å². The highest BCUT2D eigenvalue weighted by molar-refractivity contribution is 7.92. The lowest BCUT2D eigenvalue weighted by Crippen LogP contribution is -2.25. The Labute approximate surface area is 148 Å². The highest BCUT2D eigenvalue weighted by atomic mass is 32.2. The topological polar surface area (TPSA) is 64.0 Å². The van der Waals surface area contributed by atoms with Crippen LogP contribution in [0.2, 0.25) is 0 Å². The predicted octanol–water partition coefficient (Wildman–Crippen LogP) is 3.81. The summed E-state index contributed by atoms with van der Waals surface area (Å²) in [7, 11) is -4.10. The molecule has 1 N–H and O–H groups in total. The zero-order valence-electron chi connectivity index (χ0n) is 13.5. The largest absolute Gasteiger partial charge is 0.435 e. The Morgan fingerprint density at radius 3 is 2.19 bits per heavy atom. The third-order valence-electron chi connectivity index (χ3n) is 3.61. The maximum Gasteiger partial charge on any atom is 0.435 e. The van der Waals surface area contributed by atoms with Crippen LogP contribution in [0.15, 0.2) is 65.6 Å². The van der Waals surface area contributed by atoms with E-state index in [2.05, 4.69) is 9.93 Å². The first-order chi connectivity index (χ1) is 12.2. The van der Waals surface area contributed by atoms with Crippen LogP contribution in [-0.4, -0.2) is 18.3 Å². The number of sulfonamides is 1. The molecule has 0 saturated carbocycles. The lowest BCUT2D eigenvalue weighted by Gasteiger charge is -2.11. The van der Waals surface area contributed by atoms with Gasteiger partial charge in [0.05, 0.1) is 10.6 Å². The third kappa shape index (κ3) is 3.72. The van der Waals surface area contributed by atoms with Gasteiger partial charge in [0, 0.05) is 5.56 Å². The van der Waals surface area contributed by atoms with Crippen molar-refractivity contribution < 1.29 is 21.6 Å². The Morgan fingerprint density at radius 1 is 1.00 bits per heavy atom. The Hall–Kier alpha value is -2.81. The molecule has 0 atom stereocenters. The zero-order chi connectivity index (χ0) is 18.9. The van der Waals surface area contributed by atoms with Gasteiger partial charge in [-0.3, -0.25) is 0 Å². The maximum absolute atomic E-state index is 13.1. The Balaban J connectivity index is 2.08. The highest BCUT2D eigenvalue weighted by Gasteiger charge is 2.35. The number of nitrogens with zero attached hydrogens (tertiary/aromatic N) is 2. The molecule has 0 spiro atoms. The minimum atomic E-state index is -4.71. The van der Waals surface area contributed by atoms with Crippen LogP contribution in [0.4, 0.5) is 13.2 Å². The molecule has 0 fully saturated rings. The van der Waals surface area contributed by atoms with E-state index in [-0.39, 0.29) is 10.6 Å². The second-order valence-corrected chi connectivity index (χ2v) is 7.26. The summed E-state index contributed by atoms with van der Waals surface area (Å²) in [5, 5.41) is 3.39. The maximum atomic E-state index is 13.1. The molecule has 5 nitrogen and oxygen atoms in total. The third-order valence-corrected chi connectivity index (χ3v) is 4.91. The van der Waals surface area contributed by atoms with E-state index in [0.717, 1.165) is 11.6 Å². The van der Waals surface area contributed by atoms with Crippen molar-refractivity contribution in [2.45, 2.75) is 18.0 Å². The van der Waals surface area contributed by atoms with E-state index in [9.17, 15) is 21.6 Å². The molecule has 0 aliphatic rings. The van der Waals surface area contributed by atoms with E-state index in [1.54, 1.807) is 30.3 Å². The SMILES string of the molecule is Cc1ccc(-c2cc(C(F)(F)F)nn2NS(=O)(=O)c2ccccc2)cc1. The summed E-state index contributed by atoms with van der Waals surface area (Å²) < 4.78 is 64.1. The van der Waals surface area contributed by atoms with Crippen LogP contribution in [0.1, 0.15) is 11.3 Å². The molecule has 0 aliphatic carbocycles. The van der Waals surface area contributed by atoms with Crippen LogP contribution < -0.4 is 4.83 Å². The second kappa shape index (κ2) is 6.49. The fourth-order valence-corrected chi connectivity index (χ4v) is 3.27. The summed E-state index contributed by atoms with van der Waals surface area (Å²) in [4.78, 5) is 2.64. The Bertz CT molecular complexity index is 1010. The lowest BCUT2D eigenvalue weighted by molar-refractivity contribution is -0.141. The van der Waals surface area contributed by atoms with Crippen LogP contribution in [0.5, 0.6) is 0 Å². The van der Waals surface area contributed by atoms with Gasteiger partial charge in [0.1, 0.15) is 0 Å². The van der Waals surface area contributed by atoms with E-state index >= 15 is 0 Å². The van der Waals surface area contributed by atoms with E-state index in [0.29, 0.717) is 10.4 Å². The van der Waals surface area contributed by atoms with Gasteiger partial charge in [0.15, 0.2) is 5.69 Å². The number of hydrogen-bond acceptors (Lipinski definition) is 3. The minimum absolute atomic E-state index is 0.0168. The van der Waals surface area contributed by atoms with E-state index in [1.165, 1.54) is 24.3 Å². The van der Waals surface area contributed by atoms with Gasteiger partial charge in [-0.1, -0.05) is 48.0 Å². The van der Waals surface area contributed by atoms with Crippen molar-refractivity contribution in [3.63, 3.8) is 0 Å². The van der Waals surface area contributed by atoms with Crippen molar-refractivity contribution in [3.05, 3.63) is 71.9 Å². The number of benzene rings is 2. The summed E-state index contributed by atoms with van der Waals surface area (Å²) in [5.74, 6) is 0. The van der Waals surface area contributed by atoms with Crippen molar-refractivity contribution >= 4 is 10.0 Å². The van der Waals surface area contributed by atoms with Crippen molar-refractivity contribution in [3.8, 4) is 11.3 Å². The van der Waals surface area contributed by atoms with E-state index in [4.69, 9.17) is 0 Å². The molecule has 0 unspecified atom stereocenters. The first kappa shape index (κ1) is 18.0. The number of aryl methyl sites for hydroxylation is 1. The summed E-state index contributed by atoms with van der Waals surface area (Å²) in [6.07, 6.45) is -4.71. The Kier molecular flexibility index (Phi) is 4.49. The average Bonchev–Trinajstić information content (AvgIpc) is 3.00. The van der Waals surface area contributed by atoms with Gasteiger partial charge in [-0.15, -0.1) is 5.10 Å². The van der Waals surface area contributed by atoms with Crippen molar-refractivity contribution in [2.24, 2.45) is 0 Å². The molecular formula is C17H14F3N3O2S. The van der Waals surface area contributed by atoms with Gasteiger partial charge >= 0.3 is 6.18 Å². The number of alkyl halides is 3. The molecule has 3 rings (SSSR count). The number of nitrogens with one attached hydrogen (secondary N) is 1. The summed E-state index contributed by atoms with van der Waals surface area (Å²) in [6.45, 7) is 1.83.